The van der Waals surface area contributed by atoms with E-state index in [0.29, 0.717) is 33.6 Å². The Bertz CT molecular complexity index is 866. The predicted octanol–water partition coefficient (Wildman–Crippen LogP) is 3.86. The third-order valence-corrected chi connectivity index (χ3v) is 4.51. The number of methoxy groups -OCH3 is 1. The molecule has 0 saturated heterocycles. The second-order valence-corrected chi connectivity index (χ2v) is 6.64. The molecule has 128 valence electrons. The fourth-order valence-electron chi connectivity index (χ4n) is 2.27. The van der Waals surface area contributed by atoms with E-state index in [1.807, 2.05) is 30.3 Å². The van der Waals surface area contributed by atoms with Crippen LogP contribution in [0.1, 0.15) is 11.1 Å². The minimum Gasteiger partial charge on any atom is -0.493 e. The van der Waals surface area contributed by atoms with Crippen molar-refractivity contribution in [2.24, 2.45) is 10.7 Å². The van der Waals surface area contributed by atoms with E-state index in [2.05, 4.69) is 4.99 Å². The number of amides is 1. The van der Waals surface area contributed by atoms with Crippen LogP contribution in [0.5, 0.6) is 11.5 Å². The van der Waals surface area contributed by atoms with Gasteiger partial charge in [0, 0.05) is 0 Å². The van der Waals surface area contributed by atoms with Crippen LogP contribution in [0.15, 0.2) is 52.4 Å². The number of carbonyl (C=O) groups is 1. The van der Waals surface area contributed by atoms with Gasteiger partial charge in [0.2, 0.25) is 0 Å². The lowest BCUT2D eigenvalue weighted by Gasteiger charge is -2.13. The molecule has 0 atom stereocenters. The molecule has 0 aromatic heterocycles. The lowest BCUT2D eigenvalue weighted by atomic mass is 10.1. The van der Waals surface area contributed by atoms with Crippen LogP contribution < -0.4 is 15.2 Å². The molecule has 0 spiro atoms. The number of amidine groups is 1. The zero-order chi connectivity index (χ0) is 17.8. The number of rotatable bonds is 5. The smallest absolute Gasteiger partial charge is 0.286 e. The molecule has 2 aromatic rings. The number of carbonyl (C=O) groups excluding carboxylic acids is 1. The van der Waals surface area contributed by atoms with Gasteiger partial charge >= 0.3 is 0 Å². The SMILES string of the molecule is COc1cc(/C=C2\SC(N)=NC2=O)cc(Cl)c1OCc1ccccc1. The van der Waals surface area contributed by atoms with E-state index in [-0.39, 0.29) is 11.1 Å². The monoisotopic (exact) mass is 374 g/mol. The predicted molar refractivity (Wildman–Crippen MR) is 101 cm³/mol. The molecule has 0 unspecified atom stereocenters. The second kappa shape index (κ2) is 7.63. The molecule has 0 aliphatic carbocycles. The first-order valence-corrected chi connectivity index (χ1v) is 8.58. The Labute approximate surface area is 154 Å². The molecule has 1 amide bonds. The average Bonchev–Trinajstić information content (AvgIpc) is 2.91. The van der Waals surface area contributed by atoms with Gasteiger partial charge < -0.3 is 15.2 Å². The zero-order valence-electron chi connectivity index (χ0n) is 13.4. The van der Waals surface area contributed by atoms with Gasteiger partial charge in [-0.05, 0) is 41.1 Å². The Morgan fingerprint density at radius 2 is 2.04 bits per heavy atom. The highest BCUT2D eigenvalue weighted by Crippen LogP contribution is 2.38. The third-order valence-electron chi connectivity index (χ3n) is 3.41. The molecule has 25 heavy (non-hydrogen) atoms. The summed E-state index contributed by atoms with van der Waals surface area (Å²) in [4.78, 5) is 15.8. The Balaban J connectivity index is 1.84. The summed E-state index contributed by atoms with van der Waals surface area (Å²) in [5, 5.41) is 0.628. The molecular formula is C18H15ClN2O3S. The van der Waals surface area contributed by atoms with Gasteiger partial charge in [-0.25, -0.2) is 0 Å². The van der Waals surface area contributed by atoms with Gasteiger partial charge in [-0.3, -0.25) is 4.79 Å². The van der Waals surface area contributed by atoms with Gasteiger partial charge in [0.15, 0.2) is 16.7 Å². The fraction of sp³-hybridized carbons (Fsp3) is 0.111. The van der Waals surface area contributed by atoms with Gasteiger partial charge in [-0.15, -0.1) is 0 Å². The standard InChI is InChI=1S/C18H15ClN2O3S/c1-23-14-8-12(9-15-17(22)21-18(20)25-15)7-13(19)16(14)24-10-11-5-3-2-4-6-11/h2-9H,10H2,1H3,(H2,20,21,22)/b15-9-. The maximum absolute atomic E-state index is 11.7. The number of halogens is 1. The first-order chi connectivity index (χ1) is 12.1. The van der Waals surface area contributed by atoms with Crippen molar-refractivity contribution < 1.29 is 14.3 Å². The molecule has 0 saturated carbocycles. The molecule has 0 radical (unpaired) electrons. The average molecular weight is 375 g/mol. The van der Waals surface area contributed by atoms with Crippen LogP contribution in [0.2, 0.25) is 5.02 Å². The minimum atomic E-state index is -0.359. The Hall–Kier alpha value is -2.44. The summed E-state index contributed by atoms with van der Waals surface area (Å²) in [6.45, 7) is 0.371. The van der Waals surface area contributed by atoms with Crippen molar-refractivity contribution in [3.63, 3.8) is 0 Å². The number of hydrogen-bond donors (Lipinski definition) is 1. The van der Waals surface area contributed by atoms with Crippen LogP contribution in [0, 0.1) is 0 Å². The van der Waals surface area contributed by atoms with Crippen molar-refractivity contribution in [3.05, 3.63) is 63.5 Å². The number of nitrogens with two attached hydrogens (primary N) is 1. The lowest BCUT2D eigenvalue weighted by molar-refractivity contribution is -0.113. The number of aliphatic imine (C=N–C) groups is 1. The number of thioether (sulfide) groups is 1. The normalized spacial score (nSPS) is 15.4. The quantitative estimate of drug-likeness (QED) is 0.804. The van der Waals surface area contributed by atoms with Crippen molar-refractivity contribution in [2.45, 2.75) is 6.61 Å². The van der Waals surface area contributed by atoms with Crippen molar-refractivity contribution >= 4 is 40.5 Å². The zero-order valence-corrected chi connectivity index (χ0v) is 14.9. The third kappa shape index (κ3) is 4.15. The summed E-state index contributed by atoms with van der Waals surface area (Å²) in [7, 11) is 1.54. The summed E-state index contributed by atoms with van der Waals surface area (Å²) in [5.74, 6) is 0.581. The van der Waals surface area contributed by atoms with Crippen molar-refractivity contribution in [3.8, 4) is 11.5 Å². The van der Waals surface area contributed by atoms with Gasteiger partial charge in [-0.2, -0.15) is 4.99 Å². The maximum Gasteiger partial charge on any atom is 0.286 e. The fourth-order valence-corrected chi connectivity index (χ4v) is 3.23. The number of nitrogens with zero attached hydrogens (tertiary/aromatic N) is 1. The largest absolute Gasteiger partial charge is 0.493 e. The second-order valence-electron chi connectivity index (χ2n) is 5.17. The molecule has 0 fully saturated rings. The molecule has 1 aliphatic heterocycles. The van der Waals surface area contributed by atoms with Crippen molar-refractivity contribution in [1.82, 2.24) is 0 Å². The highest BCUT2D eigenvalue weighted by atomic mass is 35.5. The van der Waals surface area contributed by atoms with Crippen molar-refractivity contribution in [1.29, 1.82) is 0 Å². The van der Waals surface area contributed by atoms with E-state index in [0.717, 1.165) is 17.3 Å². The highest BCUT2D eigenvalue weighted by Gasteiger charge is 2.20. The first kappa shape index (κ1) is 17.4. The van der Waals surface area contributed by atoms with Gasteiger partial charge in [-0.1, -0.05) is 41.9 Å². The Morgan fingerprint density at radius 1 is 1.28 bits per heavy atom. The Morgan fingerprint density at radius 3 is 2.68 bits per heavy atom. The summed E-state index contributed by atoms with van der Waals surface area (Å²) in [5.41, 5.74) is 7.28. The molecule has 0 bridgehead atoms. The molecule has 7 heteroatoms. The van der Waals surface area contributed by atoms with Gasteiger partial charge in [0.25, 0.3) is 5.91 Å². The van der Waals surface area contributed by atoms with Crippen LogP contribution in [0.4, 0.5) is 0 Å². The summed E-state index contributed by atoms with van der Waals surface area (Å²) in [6, 6.07) is 13.2. The van der Waals surface area contributed by atoms with Crippen LogP contribution in [0.3, 0.4) is 0 Å². The summed E-state index contributed by atoms with van der Waals surface area (Å²) >= 11 is 7.47. The molecule has 3 rings (SSSR count). The molecular weight excluding hydrogens is 360 g/mol. The van der Waals surface area contributed by atoms with E-state index < -0.39 is 0 Å². The van der Waals surface area contributed by atoms with Crippen molar-refractivity contribution in [2.75, 3.05) is 7.11 Å². The van der Waals surface area contributed by atoms with Gasteiger partial charge in [0.05, 0.1) is 17.0 Å². The van der Waals surface area contributed by atoms with Crippen LogP contribution >= 0.6 is 23.4 Å². The lowest BCUT2D eigenvalue weighted by Crippen LogP contribution is -2.01. The van der Waals surface area contributed by atoms with E-state index in [4.69, 9.17) is 26.8 Å². The van der Waals surface area contributed by atoms with E-state index in [1.54, 1.807) is 18.2 Å². The maximum atomic E-state index is 11.7. The topological polar surface area (TPSA) is 73.9 Å². The van der Waals surface area contributed by atoms with E-state index in [9.17, 15) is 4.79 Å². The van der Waals surface area contributed by atoms with Crippen LogP contribution in [0.25, 0.3) is 6.08 Å². The highest BCUT2D eigenvalue weighted by molar-refractivity contribution is 8.18. The molecule has 2 aromatic carbocycles. The number of hydrogen-bond acceptors (Lipinski definition) is 5. The molecule has 5 nitrogen and oxygen atoms in total. The number of ether oxygens (including phenoxy) is 2. The molecule has 1 heterocycles. The van der Waals surface area contributed by atoms with E-state index in [1.165, 1.54) is 7.11 Å². The van der Waals surface area contributed by atoms with E-state index >= 15 is 0 Å². The summed E-state index contributed by atoms with van der Waals surface area (Å²) in [6.07, 6.45) is 1.67. The molecule has 1 aliphatic rings. The van der Waals surface area contributed by atoms with Gasteiger partial charge in [0.1, 0.15) is 6.61 Å². The molecule has 2 N–H and O–H groups in total. The summed E-state index contributed by atoms with van der Waals surface area (Å²) < 4.78 is 11.2. The number of benzene rings is 2. The minimum absolute atomic E-state index is 0.233. The Kier molecular flexibility index (Phi) is 5.31. The first-order valence-electron chi connectivity index (χ1n) is 7.39. The van der Waals surface area contributed by atoms with Crippen LogP contribution in [-0.4, -0.2) is 18.2 Å². The van der Waals surface area contributed by atoms with Crippen LogP contribution in [-0.2, 0) is 11.4 Å².